The lowest BCUT2D eigenvalue weighted by Gasteiger charge is -2.09. The highest BCUT2D eigenvalue weighted by atomic mass is 33.1. The lowest BCUT2D eigenvalue weighted by Crippen LogP contribution is -2.20. The summed E-state index contributed by atoms with van der Waals surface area (Å²) in [5, 5.41) is 7.70. The number of hydrogen-bond donors (Lipinski definition) is 1. The topological polar surface area (TPSA) is 88.5 Å². The van der Waals surface area contributed by atoms with E-state index in [1.54, 1.807) is 13.8 Å². The van der Waals surface area contributed by atoms with Gasteiger partial charge < -0.3 is 5.11 Å². The Hall–Kier alpha value is -0.210. The second-order valence-corrected chi connectivity index (χ2v) is 8.28. The number of hydrogen-bond acceptors (Lipinski definition) is 6. The van der Waals surface area contributed by atoms with Crippen LogP contribution in [-0.4, -0.2) is 34.9 Å². The first-order chi connectivity index (χ1) is 7.35. The Kier molecular flexibility index (Phi) is 7.09. The van der Waals surface area contributed by atoms with E-state index in [1.165, 1.54) is 0 Å². The van der Waals surface area contributed by atoms with Gasteiger partial charge in [-0.1, -0.05) is 32.0 Å². The molecule has 0 aliphatic carbocycles. The Labute approximate surface area is 103 Å². The van der Waals surface area contributed by atoms with E-state index in [2.05, 4.69) is 0 Å². The quantitative estimate of drug-likeness (QED) is 0.748. The molecule has 0 fully saturated rings. The Bertz CT molecular complexity index is 349. The number of thioether (sulfide) groups is 1. The third-order valence-corrected chi connectivity index (χ3v) is 6.63. The average Bonchev–Trinajstić information content (AvgIpc) is 2.17. The standard InChI is InChI=1S/C8H14O5S3/c1-3-5-6(7(9)10)15-16(12,13)8(11)14-4-2/h6H,3-5H2,1-2H3,(H,9,10). The summed E-state index contributed by atoms with van der Waals surface area (Å²) in [5.74, 6) is -0.853. The van der Waals surface area contributed by atoms with Crippen LogP contribution < -0.4 is 0 Å². The molecule has 0 bridgehead atoms. The fourth-order valence-electron chi connectivity index (χ4n) is 0.857. The van der Waals surface area contributed by atoms with Crippen LogP contribution in [0.25, 0.3) is 0 Å². The first-order valence-electron chi connectivity index (χ1n) is 4.68. The number of carboxylic acids is 1. The number of aliphatic carboxylic acids is 1. The van der Waals surface area contributed by atoms with E-state index in [0.29, 0.717) is 23.9 Å². The molecular weight excluding hydrogens is 272 g/mol. The van der Waals surface area contributed by atoms with E-state index >= 15 is 0 Å². The minimum Gasteiger partial charge on any atom is -0.480 e. The van der Waals surface area contributed by atoms with Gasteiger partial charge in [-0.3, -0.25) is 9.59 Å². The van der Waals surface area contributed by atoms with Crippen molar-refractivity contribution in [3.05, 3.63) is 0 Å². The molecule has 0 radical (unpaired) electrons. The van der Waals surface area contributed by atoms with Gasteiger partial charge in [-0.25, -0.2) is 8.42 Å². The Morgan fingerprint density at radius 2 is 1.88 bits per heavy atom. The number of carbonyl (C=O) groups excluding carboxylic acids is 1. The molecule has 94 valence electrons. The summed E-state index contributed by atoms with van der Waals surface area (Å²) in [6.07, 6.45) is 0.776. The van der Waals surface area contributed by atoms with Gasteiger partial charge in [0.05, 0.1) is 0 Å². The van der Waals surface area contributed by atoms with Crippen LogP contribution in [0.5, 0.6) is 0 Å². The molecule has 1 unspecified atom stereocenters. The van der Waals surface area contributed by atoms with E-state index in [1.807, 2.05) is 0 Å². The van der Waals surface area contributed by atoms with Gasteiger partial charge in [-0.15, -0.1) is 0 Å². The molecule has 8 heteroatoms. The molecule has 0 amide bonds. The average molecular weight is 286 g/mol. The molecule has 0 aliphatic heterocycles. The first-order valence-corrected chi connectivity index (χ1v) is 8.54. The molecule has 5 nitrogen and oxygen atoms in total. The minimum atomic E-state index is -4.03. The molecule has 1 N–H and O–H groups in total. The maximum Gasteiger partial charge on any atom is 0.317 e. The van der Waals surface area contributed by atoms with Crippen LogP contribution in [0, 0.1) is 0 Å². The van der Waals surface area contributed by atoms with Gasteiger partial charge in [0.1, 0.15) is 5.25 Å². The predicted molar refractivity (Wildman–Crippen MR) is 66.4 cm³/mol. The van der Waals surface area contributed by atoms with Crippen LogP contribution >= 0.6 is 22.6 Å². The highest BCUT2D eigenvalue weighted by Crippen LogP contribution is 2.28. The first kappa shape index (κ1) is 15.8. The number of rotatable bonds is 6. The molecule has 0 saturated carbocycles. The van der Waals surface area contributed by atoms with Crippen molar-refractivity contribution in [2.24, 2.45) is 0 Å². The Morgan fingerprint density at radius 3 is 2.25 bits per heavy atom. The molecule has 1 atom stereocenters. The summed E-state index contributed by atoms with van der Waals surface area (Å²) < 4.78 is 21.9. The maximum absolute atomic E-state index is 11.4. The Morgan fingerprint density at radius 1 is 1.31 bits per heavy atom. The zero-order valence-corrected chi connectivity index (χ0v) is 11.5. The van der Waals surface area contributed by atoms with Crippen molar-refractivity contribution in [2.75, 3.05) is 5.75 Å². The highest BCUT2D eigenvalue weighted by Gasteiger charge is 2.30. The van der Waals surface area contributed by atoms with Crippen LogP contribution in [0.4, 0.5) is 4.79 Å². The van der Waals surface area contributed by atoms with Crippen molar-refractivity contribution < 1.29 is 23.1 Å². The molecule has 16 heavy (non-hydrogen) atoms. The lowest BCUT2D eigenvalue weighted by atomic mass is 10.2. The van der Waals surface area contributed by atoms with Crippen LogP contribution in [0.1, 0.15) is 26.7 Å². The fraction of sp³-hybridized carbons (Fsp3) is 0.750. The van der Waals surface area contributed by atoms with E-state index < -0.39 is 24.5 Å². The molecular formula is C8H14O5S3. The monoisotopic (exact) mass is 286 g/mol. The number of carboxylic acid groups (broad SMARTS) is 1. The van der Waals surface area contributed by atoms with Gasteiger partial charge in [0.25, 0.3) is 8.87 Å². The van der Waals surface area contributed by atoms with E-state index in [0.717, 1.165) is 0 Å². The molecule has 0 spiro atoms. The molecule has 0 aromatic heterocycles. The summed E-state index contributed by atoms with van der Waals surface area (Å²) in [7, 11) is -3.80. The molecule has 0 saturated heterocycles. The van der Waals surface area contributed by atoms with Crippen LogP contribution in [-0.2, 0) is 13.7 Å². The van der Waals surface area contributed by atoms with E-state index in [-0.39, 0.29) is 17.2 Å². The SMILES string of the molecule is CCCC(SS(=O)(=O)C(=O)SCC)C(=O)O. The van der Waals surface area contributed by atoms with Crippen molar-refractivity contribution in [1.29, 1.82) is 0 Å². The van der Waals surface area contributed by atoms with Crippen LogP contribution in [0.2, 0.25) is 0 Å². The van der Waals surface area contributed by atoms with Gasteiger partial charge in [-0.05, 0) is 23.0 Å². The second kappa shape index (κ2) is 7.18. The fourth-order valence-corrected chi connectivity index (χ4v) is 5.30. The smallest absolute Gasteiger partial charge is 0.317 e. The number of carbonyl (C=O) groups is 2. The normalized spacial score (nSPS) is 13.4. The van der Waals surface area contributed by atoms with Gasteiger partial charge in [-0.2, -0.15) is 0 Å². The Balaban J connectivity index is 4.66. The summed E-state index contributed by atoms with van der Waals surface area (Å²) >= 11 is 0.669. The summed E-state index contributed by atoms with van der Waals surface area (Å²) in [6, 6.07) is 0. The molecule has 0 aromatic carbocycles. The van der Waals surface area contributed by atoms with Gasteiger partial charge in [0.15, 0.2) is 0 Å². The largest absolute Gasteiger partial charge is 0.480 e. The third kappa shape index (κ3) is 5.22. The zero-order chi connectivity index (χ0) is 12.8. The van der Waals surface area contributed by atoms with Crippen molar-refractivity contribution in [2.45, 2.75) is 31.9 Å². The second-order valence-electron chi connectivity index (χ2n) is 2.85. The van der Waals surface area contributed by atoms with Gasteiger partial charge >= 0.3 is 10.4 Å². The van der Waals surface area contributed by atoms with Gasteiger partial charge in [0.2, 0.25) is 0 Å². The zero-order valence-electron chi connectivity index (χ0n) is 9.00. The molecule has 0 aromatic rings. The van der Waals surface area contributed by atoms with Crippen LogP contribution in [0.3, 0.4) is 0 Å². The molecule has 0 rings (SSSR count). The lowest BCUT2D eigenvalue weighted by molar-refractivity contribution is -0.136. The van der Waals surface area contributed by atoms with Crippen molar-refractivity contribution >= 4 is 41.8 Å². The van der Waals surface area contributed by atoms with Crippen molar-refractivity contribution in [1.82, 2.24) is 0 Å². The molecule has 0 heterocycles. The predicted octanol–water partition coefficient (Wildman–Crippen LogP) is 2.18. The van der Waals surface area contributed by atoms with Crippen molar-refractivity contribution in [3.8, 4) is 0 Å². The van der Waals surface area contributed by atoms with Gasteiger partial charge in [0, 0.05) is 0 Å². The highest BCUT2D eigenvalue weighted by molar-refractivity contribution is 8.81. The minimum absolute atomic E-state index is 0.225. The maximum atomic E-state index is 11.4. The summed E-state index contributed by atoms with van der Waals surface area (Å²) in [5.41, 5.74) is 0. The van der Waals surface area contributed by atoms with Crippen LogP contribution in [0.15, 0.2) is 0 Å². The molecule has 0 aliphatic rings. The van der Waals surface area contributed by atoms with E-state index in [4.69, 9.17) is 5.11 Å². The van der Waals surface area contributed by atoms with E-state index in [9.17, 15) is 18.0 Å². The third-order valence-electron chi connectivity index (χ3n) is 1.54. The van der Waals surface area contributed by atoms with Crippen molar-refractivity contribution in [3.63, 3.8) is 0 Å². The summed E-state index contributed by atoms with van der Waals surface area (Å²) in [6.45, 7) is 3.41. The summed E-state index contributed by atoms with van der Waals surface area (Å²) in [4.78, 5) is 21.9.